The lowest BCUT2D eigenvalue weighted by atomic mass is 10.1. The molecule has 1 aromatic heterocycles. The van der Waals surface area contributed by atoms with Gasteiger partial charge in [-0.25, -0.2) is 14.4 Å². The van der Waals surface area contributed by atoms with Gasteiger partial charge in [0, 0.05) is 28.4 Å². The zero-order valence-electron chi connectivity index (χ0n) is 15.4. The van der Waals surface area contributed by atoms with Crippen molar-refractivity contribution in [2.75, 3.05) is 0 Å². The highest BCUT2D eigenvalue weighted by Crippen LogP contribution is 2.41. The van der Waals surface area contributed by atoms with Crippen LogP contribution in [0.5, 0.6) is 0 Å². The molecule has 3 nitrogen and oxygen atoms in total. The van der Waals surface area contributed by atoms with E-state index in [0.29, 0.717) is 0 Å². The molecule has 3 aromatic rings. The van der Waals surface area contributed by atoms with Gasteiger partial charge < -0.3 is 0 Å². The number of halogens is 1. The van der Waals surface area contributed by atoms with Crippen LogP contribution in [0.1, 0.15) is 5.56 Å². The predicted octanol–water partition coefficient (Wildman–Crippen LogP) is 6.37. The van der Waals surface area contributed by atoms with Crippen molar-refractivity contribution in [1.82, 2.24) is 9.97 Å². The molecule has 0 atom stereocenters. The molecule has 6 heteroatoms. The van der Waals surface area contributed by atoms with Crippen molar-refractivity contribution < 1.29 is 4.39 Å². The minimum absolute atomic E-state index is 0.237. The number of thioether (sulfide) groups is 1. The standard InChI is InChI=1S/C14H11FN2S.C9H7NS/c15-12-5-3-11(4-6-12)13-9-14(17-10-16-13)18-7-1-2-8-18;1-2-4-9-8(3-1)7-10-5-6-11-9/h1-10,18H;1-7H. The highest BCUT2D eigenvalue weighted by molar-refractivity contribution is 8.22. The van der Waals surface area contributed by atoms with Gasteiger partial charge in [0.25, 0.3) is 0 Å². The summed E-state index contributed by atoms with van der Waals surface area (Å²) in [5, 5.41) is 7.30. The number of fused-ring (bicyclic) bond motifs is 1. The van der Waals surface area contributed by atoms with E-state index in [9.17, 15) is 4.39 Å². The lowest BCUT2D eigenvalue weighted by molar-refractivity contribution is 0.628. The van der Waals surface area contributed by atoms with Gasteiger partial charge in [-0.05, 0) is 52.6 Å². The molecule has 5 rings (SSSR count). The van der Waals surface area contributed by atoms with Gasteiger partial charge in [0.15, 0.2) is 0 Å². The SMILES string of the molecule is C1=CSc2ccccc2C=N1.Fc1ccc(-c2cc([SH]3C=CC=C3)ncn2)cc1. The Bertz CT molecular complexity index is 1090. The minimum atomic E-state index is -0.439. The zero-order chi connectivity index (χ0) is 19.9. The average molecular weight is 420 g/mol. The summed E-state index contributed by atoms with van der Waals surface area (Å²) in [6, 6.07) is 16.6. The van der Waals surface area contributed by atoms with Crippen LogP contribution in [0.15, 0.2) is 110 Å². The first-order valence-electron chi connectivity index (χ1n) is 8.95. The van der Waals surface area contributed by atoms with Crippen LogP contribution in [0.25, 0.3) is 11.3 Å². The molecule has 0 unspecified atom stereocenters. The summed E-state index contributed by atoms with van der Waals surface area (Å²) >= 11 is 1.70. The molecular weight excluding hydrogens is 401 g/mol. The normalized spacial score (nSPS) is 14.9. The van der Waals surface area contributed by atoms with Gasteiger partial charge in [-0.15, -0.1) is 0 Å². The van der Waals surface area contributed by atoms with Crippen LogP contribution >= 0.6 is 22.7 Å². The quantitative estimate of drug-likeness (QED) is 0.388. The number of allylic oxidation sites excluding steroid dienone is 2. The molecule has 2 aliphatic rings. The third kappa shape index (κ3) is 5.10. The van der Waals surface area contributed by atoms with Crippen LogP contribution in [0.4, 0.5) is 4.39 Å². The number of rotatable bonds is 2. The molecule has 2 aliphatic heterocycles. The maximum atomic E-state index is 12.9. The van der Waals surface area contributed by atoms with Crippen LogP contribution in [0.3, 0.4) is 0 Å². The second kappa shape index (κ2) is 9.49. The summed E-state index contributed by atoms with van der Waals surface area (Å²) < 4.78 is 12.9. The summed E-state index contributed by atoms with van der Waals surface area (Å²) in [5.41, 5.74) is 2.93. The van der Waals surface area contributed by atoms with Gasteiger partial charge in [0.2, 0.25) is 0 Å². The van der Waals surface area contributed by atoms with Crippen molar-refractivity contribution in [2.24, 2.45) is 4.99 Å². The summed E-state index contributed by atoms with van der Waals surface area (Å²) in [4.78, 5) is 13.9. The van der Waals surface area contributed by atoms with E-state index in [-0.39, 0.29) is 5.82 Å². The van der Waals surface area contributed by atoms with Crippen molar-refractivity contribution in [3.63, 3.8) is 0 Å². The number of thiol groups is 1. The fourth-order valence-corrected chi connectivity index (χ4v) is 4.83. The van der Waals surface area contributed by atoms with E-state index in [0.717, 1.165) is 16.3 Å². The summed E-state index contributed by atoms with van der Waals surface area (Å²) in [6.45, 7) is 0. The lowest BCUT2D eigenvalue weighted by Crippen LogP contribution is -1.89. The Morgan fingerprint density at radius 1 is 0.897 bits per heavy atom. The molecule has 3 heterocycles. The van der Waals surface area contributed by atoms with E-state index >= 15 is 0 Å². The van der Waals surface area contributed by atoms with E-state index < -0.39 is 10.9 Å². The first-order chi connectivity index (χ1) is 14.3. The van der Waals surface area contributed by atoms with E-state index in [1.807, 2.05) is 48.2 Å². The Morgan fingerprint density at radius 2 is 1.69 bits per heavy atom. The fourth-order valence-electron chi connectivity index (χ4n) is 2.71. The van der Waals surface area contributed by atoms with Crippen molar-refractivity contribution in [3.05, 3.63) is 107 Å². The van der Waals surface area contributed by atoms with Gasteiger partial charge in [0.1, 0.15) is 12.1 Å². The average Bonchev–Trinajstić information content (AvgIpc) is 3.20. The molecule has 0 fully saturated rings. The summed E-state index contributed by atoms with van der Waals surface area (Å²) in [6.07, 6.45) is 9.32. The molecule has 0 bridgehead atoms. The third-order valence-corrected chi connectivity index (χ3v) is 6.78. The van der Waals surface area contributed by atoms with Gasteiger partial charge in [-0.2, -0.15) is 10.9 Å². The molecule has 29 heavy (non-hydrogen) atoms. The topological polar surface area (TPSA) is 38.1 Å². The monoisotopic (exact) mass is 419 g/mol. The summed E-state index contributed by atoms with van der Waals surface area (Å²) in [7, 11) is -0.439. The second-order valence-corrected chi connectivity index (χ2v) is 8.89. The maximum Gasteiger partial charge on any atom is 0.123 e. The van der Waals surface area contributed by atoms with Crippen molar-refractivity contribution in [2.45, 2.75) is 9.92 Å². The molecule has 2 aromatic carbocycles. The second-order valence-electron chi connectivity index (χ2n) is 6.08. The first kappa shape index (κ1) is 19.4. The van der Waals surface area contributed by atoms with Crippen molar-refractivity contribution >= 4 is 28.9 Å². The van der Waals surface area contributed by atoms with Crippen LogP contribution in [-0.4, -0.2) is 16.2 Å². The number of aromatic nitrogens is 2. The van der Waals surface area contributed by atoms with E-state index in [1.54, 1.807) is 30.2 Å². The summed E-state index contributed by atoms with van der Waals surface area (Å²) in [5.74, 6) is -0.237. The Hall–Kier alpha value is -2.96. The van der Waals surface area contributed by atoms with Crippen molar-refractivity contribution in [3.8, 4) is 11.3 Å². The largest absolute Gasteiger partial charge is 0.264 e. The Morgan fingerprint density at radius 3 is 2.52 bits per heavy atom. The maximum absolute atomic E-state index is 12.9. The number of hydrogen-bond acceptors (Lipinski definition) is 4. The zero-order valence-corrected chi connectivity index (χ0v) is 17.1. The third-order valence-electron chi connectivity index (χ3n) is 4.14. The van der Waals surface area contributed by atoms with Crippen LogP contribution in [0, 0.1) is 5.82 Å². The molecule has 144 valence electrons. The van der Waals surface area contributed by atoms with Crippen LogP contribution in [0.2, 0.25) is 0 Å². The van der Waals surface area contributed by atoms with Crippen LogP contribution in [-0.2, 0) is 0 Å². The predicted molar refractivity (Wildman–Crippen MR) is 122 cm³/mol. The van der Waals surface area contributed by atoms with E-state index in [1.165, 1.54) is 22.6 Å². The Labute approximate surface area is 176 Å². The van der Waals surface area contributed by atoms with Crippen molar-refractivity contribution in [1.29, 1.82) is 0 Å². The van der Waals surface area contributed by atoms with Crippen LogP contribution < -0.4 is 0 Å². The molecule has 0 spiro atoms. The number of aliphatic imine (C=N–C) groups is 1. The Balaban J connectivity index is 0.000000159. The van der Waals surface area contributed by atoms with E-state index in [4.69, 9.17) is 0 Å². The van der Waals surface area contributed by atoms with Gasteiger partial charge in [-0.1, -0.05) is 42.1 Å². The van der Waals surface area contributed by atoms with Gasteiger partial charge in [0.05, 0.1) is 10.7 Å². The Kier molecular flexibility index (Phi) is 6.34. The number of nitrogens with zero attached hydrogens (tertiary/aromatic N) is 3. The minimum Gasteiger partial charge on any atom is -0.264 e. The molecular formula is C23H18FN3S2. The highest BCUT2D eigenvalue weighted by Gasteiger charge is 2.07. The van der Waals surface area contributed by atoms with E-state index in [2.05, 4.69) is 37.9 Å². The molecule has 0 radical (unpaired) electrons. The molecule has 0 N–H and O–H groups in total. The molecule has 0 saturated heterocycles. The number of hydrogen-bond donors (Lipinski definition) is 1. The molecule has 0 aliphatic carbocycles. The first-order valence-corrected chi connectivity index (χ1v) is 11.3. The fraction of sp³-hybridized carbons (Fsp3) is 0. The highest BCUT2D eigenvalue weighted by atomic mass is 32.2. The van der Waals surface area contributed by atoms with Gasteiger partial charge in [-0.3, -0.25) is 4.99 Å². The number of benzene rings is 2. The van der Waals surface area contributed by atoms with Gasteiger partial charge >= 0.3 is 0 Å². The smallest absolute Gasteiger partial charge is 0.123 e. The molecule has 0 saturated carbocycles. The molecule has 0 amide bonds. The lowest BCUT2D eigenvalue weighted by Gasteiger charge is -2.10.